The zero-order chi connectivity index (χ0) is 15.2. The van der Waals surface area contributed by atoms with E-state index in [1.54, 1.807) is 0 Å². The molecule has 0 amide bonds. The fourth-order valence-electron chi connectivity index (χ4n) is 3.10. The van der Waals surface area contributed by atoms with Gasteiger partial charge in [0, 0.05) is 38.4 Å². The summed E-state index contributed by atoms with van der Waals surface area (Å²) in [6.07, 6.45) is 5.37. The van der Waals surface area contributed by atoms with Crippen molar-refractivity contribution in [1.29, 1.82) is 0 Å². The van der Waals surface area contributed by atoms with Crippen LogP contribution in [0.15, 0.2) is 16.7 Å². The lowest BCUT2D eigenvalue weighted by Gasteiger charge is -2.30. The van der Waals surface area contributed by atoms with Crippen LogP contribution in [0.2, 0.25) is 0 Å². The summed E-state index contributed by atoms with van der Waals surface area (Å²) < 4.78 is 1.13. The molecule has 5 heteroatoms. The maximum Gasteiger partial charge on any atom is 0.143 e. The Balaban J connectivity index is 2.05. The van der Waals surface area contributed by atoms with Gasteiger partial charge in [-0.15, -0.1) is 0 Å². The molecule has 0 aromatic carbocycles. The van der Waals surface area contributed by atoms with Crippen LogP contribution in [0.5, 0.6) is 0 Å². The van der Waals surface area contributed by atoms with Crippen LogP contribution in [0.4, 0.5) is 5.82 Å². The minimum Gasteiger partial charge on any atom is -0.354 e. The molecule has 118 valence electrons. The van der Waals surface area contributed by atoms with E-state index in [4.69, 9.17) is 5.73 Å². The summed E-state index contributed by atoms with van der Waals surface area (Å²) in [4.78, 5) is 9.59. The Bertz CT molecular complexity index is 452. The van der Waals surface area contributed by atoms with Crippen molar-refractivity contribution >= 4 is 21.7 Å². The second kappa shape index (κ2) is 8.11. The van der Waals surface area contributed by atoms with E-state index in [0.29, 0.717) is 6.04 Å². The van der Waals surface area contributed by atoms with Gasteiger partial charge in [0.05, 0.1) is 4.47 Å². The van der Waals surface area contributed by atoms with E-state index in [1.807, 2.05) is 12.3 Å². The molecule has 2 rings (SSSR count). The van der Waals surface area contributed by atoms with Crippen molar-refractivity contribution in [3.8, 4) is 0 Å². The fraction of sp³-hybridized carbons (Fsp3) is 0.688. The van der Waals surface area contributed by atoms with Crippen molar-refractivity contribution in [3.63, 3.8) is 0 Å². The van der Waals surface area contributed by atoms with Crippen molar-refractivity contribution in [3.05, 3.63) is 22.3 Å². The lowest BCUT2D eigenvalue weighted by atomic mass is 10.1. The molecule has 1 saturated heterocycles. The Kier molecular flexibility index (Phi) is 6.45. The van der Waals surface area contributed by atoms with Crippen LogP contribution in [0, 0.1) is 6.92 Å². The quantitative estimate of drug-likeness (QED) is 0.882. The largest absolute Gasteiger partial charge is 0.354 e. The third-order valence-corrected chi connectivity index (χ3v) is 5.36. The number of halogens is 1. The van der Waals surface area contributed by atoms with Crippen LogP contribution in [0.3, 0.4) is 0 Å². The summed E-state index contributed by atoms with van der Waals surface area (Å²) >= 11 is 3.69. The minimum atomic E-state index is 0.629. The maximum atomic E-state index is 5.75. The molecular formula is C16H27BrN4. The smallest absolute Gasteiger partial charge is 0.143 e. The summed E-state index contributed by atoms with van der Waals surface area (Å²) in [5, 5.41) is 0. The van der Waals surface area contributed by atoms with Gasteiger partial charge in [-0.25, -0.2) is 4.98 Å². The van der Waals surface area contributed by atoms with Crippen molar-refractivity contribution < 1.29 is 0 Å². The molecule has 1 fully saturated rings. The van der Waals surface area contributed by atoms with Gasteiger partial charge in [0.15, 0.2) is 0 Å². The van der Waals surface area contributed by atoms with Crippen molar-refractivity contribution in [1.82, 2.24) is 9.88 Å². The van der Waals surface area contributed by atoms with Crippen LogP contribution in [-0.2, 0) is 0 Å². The first kappa shape index (κ1) is 16.7. The molecule has 21 heavy (non-hydrogen) atoms. The first-order valence-electron chi connectivity index (χ1n) is 7.97. The number of nitrogens with zero attached hydrogens (tertiary/aromatic N) is 3. The van der Waals surface area contributed by atoms with Gasteiger partial charge in [-0.1, -0.05) is 6.92 Å². The number of rotatable bonds is 5. The Morgan fingerprint density at radius 2 is 2.14 bits per heavy atom. The zero-order valence-electron chi connectivity index (χ0n) is 13.2. The van der Waals surface area contributed by atoms with Gasteiger partial charge < -0.3 is 10.6 Å². The van der Waals surface area contributed by atoms with Crippen molar-refractivity contribution in [2.24, 2.45) is 5.73 Å². The van der Waals surface area contributed by atoms with Gasteiger partial charge in [-0.2, -0.15) is 0 Å². The highest BCUT2D eigenvalue weighted by Crippen LogP contribution is 2.27. The SMILES string of the molecule is CCC(CCN)N1CCCN(c2nccc(C)c2Br)CC1. The number of pyridine rings is 1. The first-order valence-corrected chi connectivity index (χ1v) is 8.76. The van der Waals surface area contributed by atoms with E-state index in [2.05, 4.69) is 44.6 Å². The van der Waals surface area contributed by atoms with Crippen LogP contribution in [0.25, 0.3) is 0 Å². The van der Waals surface area contributed by atoms with Crippen molar-refractivity contribution in [2.75, 3.05) is 37.6 Å². The number of anilines is 1. The standard InChI is InChI=1S/C16H27BrN4/c1-3-14(5-7-18)20-9-4-10-21(12-11-20)16-15(17)13(2)6-8-19-16/h6,8,14H,3-5,7,9-12,18H2,1-2H3. The molecule has 1 aromatic rings. The third kappa shape index (κ3) is 4.18. The lowest BCUT2D eigenvalue weighted by molar-refractivity contribution is 0.196. The van der Waals surface area contributed by atoms with Crippen molar-refractivity contribution in [2.45, 2.75) is 39.2 Å². The summed E-state index contributed by atoms with van der Waals surface area (Å²) in [6.45, 7) is 9.54. The van der Waals surface area contributed by atoms with Gasteiger partial charge in [-0.05, 0) is 60.3 Å². The fourth-order valence-corrected chi connectivity index (χ4v) is 3.58. The Labute approximate surface area is 136 Å². The predicted octanol–water partition coefficient (Wildman–Crippen LogP) is 2.79. The number of hydrogen-bond donors (Lipinski definition) is 1. The molecule has 2 heterocycles. The van der Waals surface area contributed by atoms with Crippen LogP contribution in [0.1, 0.15) is 31.7 Å². The first-order chi connectivity index (χ1) is 10.2. The Hall–Kier alpha value is -0.650. The highest BCUT2D eigenvalue weighted by atomic mass is 79.9. The summed E-state index contributed by atoms with van der Waals surface area (Å²) in [5.41, 5.74) is 7.00. The van der Waals surface area contributed by atoms with Crippen LogP contribution >= 0.6 is 15.9 Å². The highest BCUT2D eigenvalue weighted by molar-refractivity contribution is 9.10. The third-order valence-electron chi connectivity index (χ3n) is 4.38. The molecular weight excluding hydrogens is 328 g/mol. The lowest BCUT2D eigenvalue weighted by Crippen LogP contribution is -2.39. The van der Waals surface area contributed by atoms with Crippen LogP contribution < -0.4 is 10.6 Å². The molecule has 0 spiro atoms. The summed E-state index contributed by atoms with van der Waals surface area (Å²) in [7, 11) is 0. The molecule has 1 unspecified atom stereocenters. The van der Waals surface area contributed by atoms with Gasteiger partial charge in [0.2, 0.25) is 0 Å². The Morgan fingerprint density at radius 1 is 1.33 bits per heavy atom. The van der Waals surface area contributed by atoms with Gasteiger partial charge >= 0.3 is 0 Å². The zero-order valence-corrected chi connectivity index (χ0v) is 14.8. The molecule has 2 N–H and O–H groups in total. The molecule has 4 nitrogen and oxygen atoms in total. The van der Waals surface area contributed by atoms with E-state index >= 15 is 0 Å². The molecule has 1 atom stereocenters. The minimum absolute atomic E-state index is 0.629. The van der Waals surface area contributed by atoms with Gasteiger partial charge in [0.25, 0.3) is 0 Å². The number of aromatic nitrogens is 1. The van der Waals surface area contributed by atoms with Gasteiger partial charge in [-0.3, -0.25) is 4.90 Å². The summed E-state index contributed by atoms with van der Waals surface area (Å²) in [6, 6.07) is 2.68. The molecule has 0 aliphatic carbocycles. The second-order valence-corrected chi connectivity index (χ2v) is 6.57. The highest BCUT2D eigenvalue weighted by Gasteiger charge is 2.22. The molecule has 1 aliphatic rings. The molecule has 0 saturated carbocycles. The van der Waals surface area contributed by atoms with E-state index in [1.165, 1.54) is 24.9 Å². The van der Waals surface area contributed by atoms with Gasteiger partial charge in [0.1, 0.15) is 5.82 Å². The van der Waals surface area contributed by atoms with E-state index in [9.17, 15) is 0 Å². The van der Waals surface area contributed by atoms with Crippen LogP contribution in [-0.4, -0.2) is 48.6 Å². The number of aryl methyl sites for hydroxylation is 1. The summed E-state index contributed by atoms with van der Waals surface area (Å²) in [5.74, 6) is 1.09. The average Bonchev–Trinajstić information content (AvgIpc) is 2.73. The van der Waals surface area contributed by atoms with E-state index in [0.717, 1.165) is 42.9 Å². The normalized spacial score (nSPS) is 18.6. The predicted molar refractivity (Wildman–Crippen MR) is 92.8 cm³/mol. The molecule has 1 aromatic heterocycles. The Morgan fingerprint density at radius 3 is 2.86 bits per heavy atom. The second-order valence-electron chi connectivity index (χ2n) is 5.78. The average molecular weight is 355 g/mol. The maximum absolute atomic E-state index is 5.75. The number of hydrogen-bond acceptors (Lipinski definition) is 4. The molecule has 1 aliphatic heterocycles. The molecule has 0 bridgehead atoms. The molecule has 0 radical (unpaired) electrons. The monoisotopic (exact) mass is 354 g/mol. The number of nitrogens with two attached hydrogens (primary N) is 1. The van der Waals surface area contributed by atoms with E-state index in [-0.39, 0.29) is 0 Å². The topological polar surface area (TPSA) is 45.4 Å². The van der Waals surface area contributed by atoms with E-state index < -0.39 is 0 Å².